The van der Waals surface area contributed by atoms with Gasteiger partial charge in [0.2, 0.25) is 0 Å². The van der Waals surface area contributed by atoms with Crippen molar-refractivity contribution in [1.29, 1.82) is 0 Å². The first-order valence-corrected chi connectivity index (χ1v) is 11.8. The summed E-state index contributed by atoms with van der Waals surface area (Å²) in [6.07, 6.45) is 4.44. The Balaban J connectivity index is 1.50. The lowest BCUT2D eigenvalue weighted by molar-refractivity contribution is -0.127. The van der Waals surface area contributed by atoms with E-state index in [4.69, 9.17) is 11.6 Å². The predicted molar refractivity (Wildman–Crippen MR) is 125 cm³/mol. The van der Waals surface area contributed by atoms with Crippen molar-refractivity contribution in [1.82, 2.24) is 9.97 Å². The zero-order chi connectivity index (χ0) is 22.8. The molecule has 32 heavy (non-hydrogen) atoms. The molecule has 5 nitrogen and oxygen atoms in total. The molecule has 0 N–H and O–H groups in total. The van der Waals surface area contributed by atoms with Crippen LogP contribution < -0.4 is 0 Å². The third-order valence-corrected chi connectivity index (χ3v) is 7.09. The summed E-state index contributed by atoms with van der Waals surface area (Å²) in [5.74, 6) is -1.52. The van der Waals surface area contributed by atoms with Crippen LogP contribution in [0.2, 0.25) is 5.15 Å². The molecule has 0 spiro atoms. The van der Waals surface area contributed by atoms with Crippen LogP contribution in [-0.2, 0) is 20.8 Å². The number of hydrogen-bond acceptors (Lipinski definition) is 6. The Morgan fingerprint density at radius 2 is 1.91 bits per heavy atom. The van der Waals surface area contributed by atoms with E-state index in [0.717, 1.165) is 27.1 Å². The Hall–Kier alpha value is -2.70. The fraction of sp³-hybridized carbons (Fsp3) is 0.320. The highest BCUT2D eigenvalue weighted by Crippen LogP contribution is 2.38. The SMILES string of the molecule is Cc1cc(-c2cnc(Cl)cn2)cc(C)c1C1C(=O)CC(CC(=O)CCc2cccs2)C1=O. The number of halogens is 1. The number of carbonyl (C=O) groups is 3. The topological polar surface area (TPSA) is 77.0 Å². The largest absolute Gasteiger partial charge is 0.300 e. The van der Waals surface area contributed by atoms with Gasteiger partial charge in [-0.3, -0.25) is 19.4 Å². The van der Waals surface area contributed by atoms with Gasteiger partial charge in [-0.25, -0.2) is 4.98 Å². The minimum Gasteiger partial charge on any atom is -0.300 e. The van der Waals surface area contributed by atoms with Gasteiger partial charge in [-0.1, -0.05) is 17.7 Å². The number of aromatic nitrogens is 2. The van der Waals surface area contributed by atoms with Crippen LogP contribution in [0, 0.1) is 19.8 Å². The number of Topliss-reactive ketones (excluding diaryl/α,β-unsaturated/α-hetero) is 3. The summed E-state index contributed by atoms with van der Waals surface area (Å²) >= 11 is 7.45. The van der Waals surface area contributed by atoms with Gasteiger partial charge in [-0.05, 0) is 60.5 Å². The van der Waals surface area contributed by atoms with Crippen LogP contribution in [0.15, 0.2) is 42.0 Å². The molecule has 4 rings (SSSR count). The number of benzene rings is 1. The van der Waals surface area contributed by atoms with Crippen LogP contribution in [-0.4, -0.2) is 27.3 Å². The van der Waals surface area contributed by atoms with Crippen LogP contribution in [0.4, 0.5) is 0 Å². The monoisotopic (exact) mass is 466 g/mol. The van der Waals surface area contributed by atoms with E-state index in [9.17, 15) is 14.4 Å². The second-order valence-corrected chi connectivity index (χ2v) is 9.69. The molecule has 7 heteroatoms. The van der Waals surface area contributed by atoms with Crippen LogP contribution in [0.1, 0.15) is 46.7 Å². The Labute approximate surface area is 195 Å². The highest BCUT2D eigenvalue weighted by molar-refractivity contribution is 7.09. The van der Waals surface area contributed by atoms with Crippen molar-refractivity contribution in [3.63, 3.8) is 0 Å². The minimum absolute atomic E-state index is 0.0373. The van der Waals surface area contributed by atoms with E-state index in [2.05, 4.69) is 9.97 Å². The molecule has 1 aliphatic carbocycles. The van der Waals surface area contributed by atoms with E-state index in [1.54, 1.807) is 17.5 Å². The molecule has 0 saturated heterocycles. The molecule has 0 aliphatic heterocycles. The molecule has 0 radical (unpaired) electrons. The average molecular weight is 467 g/mol. The molecule has 1 fully saturated rings. The Bertz CT molecular complexity index is 1150. The zero-order valence-electron chi connectivity index (χ0n) is 17.9. The quantitative estimate of drug-likeness (QED) is 0.441. The number of nitrogens with zero attached hydrogens (tertiary/aromatic N) is 2. The van der Waals surface area contributed by atoms with Crippen LogP contribution in [0.3, 0.4) is 0 Å². The summed E-state index contributed by atoms with van der Waals surface area (Å²) in [7, 11) is 0. The molecule has 2 unspecified atom stereocenters. The van der Waals surface area contributed by atoms with Gasteiger partial charge in [0.25, 0.3) is 0 Å². The van der Waals surface area contributed by atoms with E-state index in [-0.39, 0.29) is 30.2 Å². The van der Waals surface area contributed by atoms with E-state index in [0.29, 0.717) is 23.7 Å². The summed E-state index contributed by atoms with van der Waals surface area (Å²) in [5, 5.41) is 2.30. The molecular weight excluding hydrogens is 444 g/mol. The van der Waals surface area contributed by atoms with Crippen LogP contribution >= 0.6 is 22.9 Å². The fourth-order valence-electron chi connectivity index (χ4n) is 4.47. The number of thiophene rings is 1. The highest BCUT2D eigenvalue weighted by atomic mass is 35.5. The molecule has 1 aromatic carbocycles. The second-order valence-electron chi connectivity index (χ2n) is 8.27. The van der Waals surface area contributed by atoms with Crippen molar-refractivity contribution >= 4 is 40.3 Å². The van der Waals surface area contributed by atoms with E-state index in [1.165, 1.54) is 6.20 Å². The third-order valence-electron chi connectivity index (χ3n) is 5.96. The molecule has 0 bridgehead atoms. The first-order valence-electron chi connectivity index (χ1n) is 10.5. The molecule has 1 aliphatic rings. The van der Waals surface area contributed by atoms with Crippen molar-refractivity contribution in [2.45, 2.75) is 45.4 Å². The first kappa shape index (κ1) is 22.5. The first-order chi connectivity index (χ1) is 15.3. The Kier molecular flexibility index (Phi) is 6.63. The van der Waals surface area contributed by atoms with Gasteiger partial charge in [0.1, 0.15) is 22.6 Å². The maximum atomic E-state index is 13.2. The number of ketones is 3. The van der Waals surface area contributed by atoms with Crippen molar-refractivity contribution in [2.75, 3.05) is 0 Å². The summed E-state index contributed by atoms with van der Waals surface area (Å²) in [5.41, 5.74) is 3.98. The van der Waals surface area contributed by atoms with Gasteiger partial charge in [0, 0.05) is 35.6 Å². The fourth-order valence-corrected chi connectivity index (χ4v) is 5.27. The number of aryl methyl sites for hydroxylation is 3. The zero-order valence-corrected chi connectivity index (χ0v) is 19.5. The molecule has 164 valence electrons. The number of carbonyl (C=O) groups excluding carboxylic acids is 3. The molecule has 2 heterocycles. The lowest BCUT2D eigenvalue weighted by Gasteiger charge is -2.17. The average Bonchev–Trinajstić information content (AvgIpc) is 3.36. The summed E-state index contributed by atoms with van der Waals surface area (Å²) in [6, 6.07) is 7.80. The maximum absolute atomic E-state index is 13.2. The molecule has 2 aromatic heterocycles. The van der Waals surface area contributed by atoms with Crippen molar-refractivity contribution in [2.24, 2.45) is 5.92 Å². The van der Waals surface area contributed by atoms with Crippen molar-refractivity contribution in [3.8, 4) is 11.3 Å². The molecular formula is C25H23ClN2O3S. The van der Waals surface area contributed by atoms with Gasteiger partial charge in [0.15, 0.2) is 5.78 Å². The smallest absolute Gasteiger partial charge is 0.151 e. The van der Waals surface area contributed by atoms with Crippen LogP contribution in [0.5, 0.6) is 0 Å². The highest BCUT2D eigenvalue weighted by Gasteiger charge is 2.43. The number of rotatable bonds is 7. The van der Waals surface area contributed by atoms with Gasteiger partial charge in [0.05, 0.1) is 18.1 Å². The van der Waals surface area contributed by atoms with E-state index < -0.39 is 11.8 Å². The summed E-state index contributed by atoms with van der Waals surface area (Å²) in [4.78, 5) is 48.0. The summed E-state index contributed by atoms with van der Waals surface area (Å²) in [6.45, 7) is 3.80. The van der Waals surface area contributed by atoms with Gasteiger partial charge < -0.3 is 0 Å². The van der Waals surface area contributed by atoms with Gasteiger partial charge in [-0.2, -0.15) is 0 Å². The lowest BCUT2D eigenvalue weighted by Crippen LogP contribution is -2.19. The molecule has 3 aromatic rings. The number of hydrogen-bond donors (Lipinski definition) is 0. The third kappa shape index (κ3) is 4.71. The Morgan fingerprint density at radius 3 is 2.53 bits per heavy atom. The van der Waals surface area contributed by atoms with Gasteiger partial charge >= 0.3 is 0 Å². The standard InChI is InChI=1S/C25H23ClN2O3S/c1-14-8-16(20-12-28-22(26)13-27-20)9-15(2)23(14)24-21(30)11-17(25(24)31)10-18(29)5-6-19-4-3-7-32-19/h3-4,7-9,12-13,17,24H,5-6,10-11H2,1-2H3. The maximum Gasteiger partial charge on any atom is 0.151 e. The normalized spacial score (nSPS) is 18.3. The molecule has 2 atom stereocenters. The second kappa shape index (κ2) is 9.43. The molecule has 1 saturated carbocycles. The summed E-state index contributed by atoms with van der Waals surface area (Å²) < 4.78 is 0. The van der Waals surface area contributed by atoms with E-state index >= 15 is 0 Å². The van der Waals surface area contributed by atoms with Gasteiger partial charge in [-0.15, -0.1) is 11.3 Å². The minimum atomic E-state index is -0.796. The van der Waals surface area contributed by atoms with Crippen LogP contribution in [0.25, 0.3) is 11.3 Å². The Morgan fingerprint density at radius 1 is 1.16 bits per heavy atom. The van der Waals surface area contributed by atoms with E-state index in [1.807, 2.05) is 43.5 Å². The predicted octanol–water partition coefficient (Wildman–Crippen LogP) is 5.31. The van der Waals surface area contributed by atoms with Crippen molar-refractivity contribution < 1.29 is 14.4 Å². The molecule has 0 amide bonds. The lowest BCUT2D eigenvalue weighted by atomic mass is 9.85. The van der Waals surface area contributed by atoms with Crippen molar-refractivity contribution in [3.05, 3.63) is 68.8 Å².